The smallest absolute Gasteiger partial charge is 0.181 e. The standard InChI is InChI=1S/C12H13ClFN3O3/c1-12(14)8(19)7(4-18)20-11(12)17-3-2-6-9(13)15-5-16-10(6)17/h2-3,5,7-8,11,18-19H,4H2,1H3/t7-,8?,11-,12-/m1/s1. The molecule has 1 unspecified atom stereocenters. The van der Waals surface area contributed by atoms with Gasteiger partial charge in [-0.3, -0.25) is 0 Å². The molecule has 0 aromatic carbocycles. The van der Waals surface area contributed by atoms with Gasteiger partial charge in [0.05, 0.1) is 12.0 Å². The van der Waals surface area contributed by atoms with E-state index in [4.69, 9.17) is 21.4 Å². The topological polar surface area (TPSA) is 80.4 Å². The molecule has 20 heavy (non-hydrogen) atoms. The number of nitrogens with zero attached hydrogens (tertiary/aromatic N) is 3. The number of aromatic nitrogens is 3. The Labute approximate surface area is 118 Å². The molecule has 0 spiro atoms. The second-order valence-corrected chi connectivity index (χ2v) is 5.29. The highest BCUT2D eigenvalue weighted by Crippen LogP contribution is 2.42. The maximum Gasteiger partial charge on any atom is 0.181 e. The molecule has 0 saturated carbocycles. The number of hydrogen-bond acceptors (Lipinski definition) is 5. The molecule has 6 nitrogen and oxygen atoms in total. The second-order valence-electron chi connectivity index (χ2n) is 4.93. The van der Waals surface area contributed by atoms with E-state index in [1.54, 1.807) is 12.3 Å². The van der Waals surface area contributed by atoms with E-state index < -0.39 is 30.7 Å². The Morgan fingerprint density at radius 1 is 1.55 bits per heavy atom. The van der Waals surface area contributed by atoms with Crippen molar-refractivity contribution in [3.8, 4) is 0 Å². The van der Waals surface area contributed by atoms with E-state index in [9.17, 15) is 9.50 Å². The summed E-state index contributed by atoms with van der Waals surface area (Å²) in [5.74, 6) is 0. The first-order chi connectivity index (χ1) is 9.46. The Hall–Kier alpha value is -1.28. The minimum absolute atomic E-state index is 0.256. The van der Waals surface area contributed by atoms with Crippen molar-refractivity contribution in [2.24, 2.45) is 0 Å². The van der Waals surface area contributed by atoms with Crippen LogP contribution in [0.5, 0.6) is 0 Å². The maximum absolute atomic E-state index is 14.7. The normalized spacial score (nSPS) is 34.0. The Balaban J connectivity index is 2.10. The molecule has 1 aliphatic rings. The third-order valence-electron chi connectivity index (χ3n) is 3.61. The first kappa shape index (κ1) is 13.7. The highest BCUT2D eigenvalue weighted by atomic mass is 35.5. The maximum atomic E-state index is 14.7. The first-order valence-corrected chi connectivity index (χ1v) is 6.45. The summed E-state index contributed by atoms with van der Waals surface area (Å²) in [6.45, 7) is 0.763. The lowest BCUT2D eigenvalue weighted by Crippen LogP contribution is -2.40. The predicted octanol–water partition coefficient (Wildman–Crippen LogP) is 1.06. The molecule has 1 saturated heterocycles. The van der Waals surface area contributed by atoms with Crippen LogP contribution in [0.25, 0.3) is 11.0 Å². The van der Waals surface area contributed by atoms with Crippen LogP contribution in [0.1, 0.15) is 13.2 Å². The van der Waals surface area contributed by atoms with Crippen LogP contribution in [0, 0.1) is 0 Å². The summed E-state index contributed by atoms with van der Waals surface area (Å²) >= 11 is 5.94. The van der Waals surface area contributed by atoms with Gasteiger partial charge in [-0.1, -0.05) is 11.6 Å². The van der Waals surface area contributed by atoms with Crippen molar-refractivity contribution in [3.05, 3.63) is 23.7 Å². The summed E-state index contributed by atoms with van der Waals surface area (Å²) < 4.78 is 21.6. The van der Waals surface area contributed by atoms with Gasteiger partial charge in [0.25, 0.3) is 0 Å². The van der Waals surface area contributed by atoms with E-state index in [2.05, 4.69) is 9.97 Å². The molecule has 108 valence electrons. The minimum Gasteiger partial charge on any atom is -0.394 e. The number of halogens is 2. The van der Waals surface area contributed by atoms with E-state index in [1.165, 1.54) is 17.8 Å². The largest absolute Gasteiger partial charge is 0.394 e. The average molecular weight is 302 g/mol. The molecule has 2 aromatic heterocycles. The Morgan fingerprint density at radius 2 is 2.30 bits per heavy atom. The number of alkyl halides is 1. The zero-order valence-corrected chi connectivity index (χ0v) is 11.3. The van der Waals surface area contributed by atoms with Gasteiger partial charge in [0.15, 0.2) is 11.9 Å². The van der Waals surface area contributed by atoms with E-state index >= 15 is 0 Å². The fourth-order valence-corrected chi connectivity index (χ4v) is 2.68. The number of hydrogen-bond donors (Lipinski definition) is 2. The zero-order chi connectivity index (χ0) is 14.5. The minimum atomic E-state index is -2.06. The molecule has 0 bridgehead atoms. The molecule has 3 rings (SSSR count). The van der Waals surface area contributed by atoms with Gasteiger partial charge in [-0.15, -0.1) is 0 Å². The predicted molar refractivity (Wildman–Crippen MR) is 69.1 cm³/mol. The Kier molecular flexibility index (Phi) is 3.17. The third-order valence-corrected chi connectivity index (χ3v) is 3.91. The summed E-state index contributed by atoms with van der Waals surface area (Å²) in [4.78, 5) is 7.91. The van der Waals surface area contributed by atoms with E-state index in [1.807, 2.05) is 0 Å². The van der Waals surface area contributed by atoms with Crippen LogP contribution in [0.3, 0.4) is 0 Å². The highest BCUT2D eigenvalue weighted by molar-refractivity contribution is 6.33. The number of rotatable bonds is 2. The van der Waals surface area contributed by atoms with Crippen LogP contribution < -0.4 is 0 Å². The van der Waals surface area contributed by atoms with Crippen LogP contribution in [-0.2, 0) is 4.74 Å². The van der Waals surface area contributed by atoms with Gasteiger partial charge in [0.1, 0.15) is 29.3 Å². The van der Waals surface area contributed by atoms with E-state index in [-0.39, 0.29) is 5.15 Å². The lowest BCUT2D eigenvalue weighted by molar-refractivity contribution is -0.0564. The fourth-order valence-electron chi connectivity index (χ4n) is 2.49. The van der Waals surface area contributed by atoms with Gasteiger partial charge in [0, 0.05) is 6.20 Å². The second kappa shape index (κ2) is 4.63. The van der Waals surface area contributed by atoms with E-state index in [0.29, 0.717) is 11.0 Å². The molecule has 1 fully saturated rings. The van der Waals surface area contributed by atoms with Gasteiger partial charge in [0.2, 0.25) is 0 Å². The van der Waals surface area contributed by atoms with Crippen molar-refractivity contribution in [2.45, 2.75) is 31.0 Å². The zero-order valence-electron chi connectivity index (χ0n) is 10.6. The van der Waals surface area contributed by atoms with Crippen molar-refractivity contribution in [2.75, 3.05) is 6.61 Å². The average Bonchev–Trinajstić information content (AvgIpc) is 2.92. The lowest BCUT2D eigenvalue weighted by atomic mass is 9.98. The Morgan fingerprint density at radius 3 is 2.95 bits per heavy atom. The van der Waals surface area contributed by atoms with Crippen molar-refractivity contribution in [1.29, 1.82) is 0 Å². The Bertz CT molecular complexity index is 648. The van der Waals surface area contributed by atoms with Gasteiger partial charge < -0.3 is 19.5 Å². The summed E-state index contributed by atoms with van der Waals surface area (Å²) in [6.07, 6.45) is -0.665. The van der Waals surface area contributed by atoms with Crippen molar-refractivity contribution < 1.29 is 19.3 Å². The van der Waals surface area contributed by atoms with Crippen molar-refractivity contribution in [1.82, 2.24) is 14.5 Å². The van der Waals surface area contributed by atoms with Crippen molar-refractivity contribution >= 4 is 22.6 Å². The molecule has 4 atom stereocenters. The van der Waals surface area contributed by atoms with Crippen LogP contribution >= 0.6 is 11.6 Å². The van der Waals surface area contributed by atoms with Gasteiger partial charge in [-0.25, -0.2) is 14.4 Å². The summed E-state index contributed by atoms with van der Waals surface area (Å²) in [5, 5.41) is 19.8. The van der Waals surface area contributed by atoms with Gasteiger partial charge >= 0.3 is 0 Å². The van der Waals surface area contributed by atoms with Crippen LogP contribution in [0.15, 0.2) is 18.6 Å². The quantitative estimate of drug-likeness (QED) is 0.811. The molecule has 8 heteroatoms. The highest BCUT2D eigenvalue weighted by Gasteiger charge is 2.54. The fraction of sp³-hybridized carbons (Fsp3) is 0.500. The lowest BCUT2D eigenvalue weighted by Gasteiger charge is -2.25. The van der Waals surface area contributed by atoms with Crippen LogP contribution in [0.4, 0.5) is 4.39 Å². The number of fused-ring (bicyclic) bond motifs is 1. The molecule has 2 N–H and O–H groups in total. The summed E-state index contributed by atoms with van der Waals surface area (Å²) in [6, 6.07) is 1.65. The molecule has 0 radical (unpaired) electrons. The van der Waals surface area contributed by atoms with Gasteiger partial charge in [-0.05, 0) is 13.0 Å². The molecular weight excluding hydrogens is 289 g/mol. The SMILES string of the molecule is C[C@@]1(F)C(O)[C@@H](CO)O[C@H]1n1ccc2c(Cl)ncnc21. The van der Waals surface area contributed by atoms with Crippen LogP contribution in [0.2, 0.25) is 5.15 Å². The monoisotopic (exact) mass is 301 g/mol. The number of aliphatic hydroxyl groups is 2. The molecule has 0 amide bonds. The molecule has 3 heterocycles. The van der Waals surface area contributed by atoms with E-state index in [0.717, 1.165) is 0 Å². The van der Waals surface area contributed by atoms with Crippen LogP contribution in [-0.4, -0.2) is 49.2 Å². The summed E-state index contributed by atoms with van der Waals surface area (Å²) in [7, 11) is 0. The molecule has 1 aliphatic heterocycles. The third kappa shape index (κ3) is 1.81. The molecule has 2 aromatic rings. The number of ether oxygens (including phenoxy) is 1. The van der Waals surface area contributed by atoms with Gasteiger partial charge in [-0.2, -0.15) is 0 Å². The summed E-state index contributed by atoms with van der Waals surface area (Å²) in [5.41, 5.74) is -1.65. The van der Waals surface area contributed by atoms with Crippen molar-refractivity contribution in [3.63, 3.8) is 0 Å². The molecular formula is C12H13ClFN3O3. The molecule has 0 aliphatic carbocycles. The number of aliphatic hydroxyl groups excluding tert-OH is 2. The first-order valence-electron chi connectivity index (χ1n) is 6.07.